The molecule has 0 saturated carbocycles. The number of nitrogens with one attached hydrogen (secondary N) is 2. The van der Waals surface area contributed by atoms with Gasteiger partial charge in [-0.05, 0) is 23.1 Å². The van der Waals surface area contributed by atoms with Crippen molar-refractivity contribution in [2.45, 2.75) is 33.1 Å². The van der Waals surface area contributed by atoms with Gasteiger partial charge in [0.15, 0.2) is 6.61 Å². The Morgan fingerprint density at radius 1 is 1.11 bits per heavy atom. The van der Waals surface area contributed by atoms with Gasteiger partial charge in [0.25, 0.3) is 5.91 Å². The predicted molar refractivity (Wildman–Crippen MR) is 72.6 cm³/mol. The molecule has 0 bridgehead atoms. The molecule has 1 aromatic rings. The van der Waals surface area contributed by atoms with Gasteiger partial charge in [0.2, 0.25) is 5.91 Å². The van der Waals surface area contributed by atoms with Crippen LogP contribution in [-0.2, 0) is 15.0 Å². The van der Waals surface area contributed by atoms with Crippen LogP contribution < -0.4 is 15.6 Å². The van der Waals surface area contributed by atoms with Crippen LogP contribution in [0.15, 0.2) is 24.3 Å². The van der Waals surface area contributed by atoms with Crippen LogP contribution in [0.2, 0.25) is 0 Å². The Morgan fingerprint density at radius 3 is 2.16 bits per heavy atom. The Balaban J connectivity index is 2.46. The first-order valence-electron chi connectivity index (χ1n) is 6.08. The molecule has 0 saturated heterocycles. The van der Waals surface area contributed by atoms with Crippen molar-refractivity contribution in [2.24, 2.45) is 0 Å². The van der Waals surface area contributed by atoms with Gasteiger partial charge < -0.3 is 4.74 Å². The second-order valence-corrected chi connectivity index (χ2v) is 5.29. The minimum absolute atomic E-state index is 0.0846. The monoisotopic (exact) mass is 264 g/mol. The van der Waals surface area contributed by atoms with Gasteiger partial charge in [-0.2, -0.15) is 0 Å². The standard InChI is InChI=1S/C14H20N2O3/c1-10(17)15-16-13(18)9-19-12-7-5-11(6-8-12)14(2,3)4/h5-8H,9H2,1-4H3,(H,15,17)(H,16,18). The van der Waals surface area contributed by atoms with E-state index in [0.29, 0.717) is 5.75 Å². The number of rotatable bonds is 3. The third-order valence-corrected chi connectivity index (χ3v) is 2.47. The van der Waals surface area contributed by atoms with Crippen molar-refractivity contribution in [3.05, 3.63) is 29.8 Å². The van der Waals surface area contributed by atoms with E-state index in [9.17, 15) is 9.59 Å². The lowest BCUT2D eigenvalue weighted by atomic mass is 9.87. The SMILES string of the molecule is CC(=O)NNC(=O)COc1ccc(C(C)(C)C)cc1. The highest BCUT2D eigenvalue weighted by molar-refractivity contribution is 5.81. The van der Waals surface area contributed by atoms with Crippen LogP contribution in [0.4, 0.5) is 0 Å². The minimum atomic E-state index is -0.407. The van der Waals surface area contributed by atoms with Crippen molar-refractivity contribution < 1.29 is 14.3 Å². The number of benzene rings is 1. The van der Waals surface area contributed by atoms with E-state index in [1.807, 2.05) is 24.3 Å². The van der Waals surface area contributed by atoms with Crippen molar-refractivity contribution >= 4 is 11.8 Å². The van der Waals surface area contributed by atoms with Crippen molar-refractivity contribution in [1.82, 2.24) is 10.9 Å². The van der Waals surface area contributed by atoms with Crippen LogP contribution in [0, 0.1) is 0 Å². The lowest BCUT2D eigenvalue weighted by Crippen LogP contribution is -2.42. The molecule has 2 amide bonds. The molecule has 0 aliphatic rings. The Hall–Kier alpha value is -2.04. The van der Waals surface area contributed by atoms with Crippen molar-refractivity contribution in [3.63, 3.8) is 0 Å². The molecular formula is C14H20N2O3. The Kier molecular flexibility index (Phi) is 4.92. The van der Waals surface area contributed by atoms with Gasteiger partial charge >= 0.3 is 0 Å². The minimum Gasteiger partial charge on any atom is -0.484 e. The molecule has 0 radical (unpaired) electrons. The van der Waals surface area contributed by atoms with E-state index in [2.05, 4.69) is 31.6 Å². The zero-order chi connectivity index (χ0) is 14.5. The molecule has 0 unspecified atom stereocenters. The molecule has 0 aliphatic carbocycles. The molecular weight excluding hydrogens is 244 g/mol. The van der Waals surface area contributed by atoms with Gasteiger partial charge in [0, 0.05) is 6.92 Å². The summed E-state index contributed by atoms with van der Waals surface area (Å²) in [7, 11) is 0. The highest BCUT2D eigenvalue weighted by Gasteiger charge is 2.13. The maximum Gasteiger partial charge on any atom is 0.276 e. The molecule has 0 spiro atoms. The zero-order valence-electron chi connectivity index (χ0n) is 11.7. The smallest absolute Gasteiger partial charge is 0.276 e. The summed E-state index contributed by atoms with van der Waals surface area (Å²) < 4.78 is 5.30. The van der Waals surface area contributed by atoms with Crippen LogP contribution in [-0.4, -0.2) is 18.4 Å². The highest BCUT2D eigenvalue weighted by Crippen LogP contribution is 2.24. The summed E-state index contributed by atoms with van der Waals surface area (Å²) in [6.45, 7) is 7.55. The topological polar surface area (TPSA) is 67.4 Å². The van der Waals surface area contributed by atoms with Gasteiger partial charge in [-0.3, -0.25) is 20.4 Å². The quantitative estimate of drug-likeness (QED) is 0.814. The summed E-state index contributed by atoms with van der Waals surface area (Å²) >= 11 is 0. The van der Waals surface area contributed by atoms with Crippen molar-refractivity contribution in [2.75, 3.05) is 6.61 Å². The number of hydrogen-bond acceptors (Lipinski definition) is 3. The van der Waals surface area contributed by atoms with E-state index >= 15 is 0 Å². The molecule has 0 aromatic heterocycles. The fraction of sp³-hybridized carbons (Fsp3) is 0.429. The third kappa shape index (κ3) is 5.42. The molecule has 1 aromatic carbocycles. The maximum absolute atomic E-state index is 11.3. The van der Waals surface area contributed by atoms with Crippen LogP contribution in [0.1, 0.15) is 33.3 Å². The summed E-state index contributed by atoms with van der Waals surface area (Å²) in [5.41, 5.74) is 5.70. The first-order valence-corrected chi connectivity index (χ1v) is 6.08. The Morgan fingerprint density at radius 2 is 1.68 bits per heavy atom. The molecule has 0 heterocycles. The zero-order valence-corrected chi connectivity index (χ0v) is 11.7. The largest absolute Gasteiger partial charge is 0.484 e. The summed E-state index contributed by atoms with van der Waals surface area (Å²) in [6.07, 6.45) is 0. The number of amides is 2. The third-order valence-electron chi connectivity index (χ3n) is 2.47. The molecule has 5 nitrogen and oxygen atoms in total. The summed E-state index contributed by atoms with van der Waals surface area (Å²) in [4.78, 5) is 21.9. The van der Waals surface area contributed by atoms with Crippen LogP contribution >= 0.6 is 0 Å². The van der Waals surface area contributed by atoms with E-state index in [1.165, 1.54) is 12.5 Å². The Labute approximate surface area is 113 Å². The summed E-state index contributed by atoms with van der Waals surface area (Å²) in [5.74, 6) is -0.121. The molecule has 5 heteroatoms. The molecule has 19 heavy (non-hydrogen) atoms. The first-order chi connectivity index (χ1) is 8.79. The van der Waals surface area contributed by atoms with Gasteiger partial charge in [-0.1, -0.05) is 32.9 Å². The number of hydrazine groups is 1. The number of ether oxygens (including phenoxy) is 1. The van der Waals surface area contributed by atoms with E-state index in [-0.39, 0.29) is 17.9 Å². The highest BCUT2D eigenvalue weighted by atomic mass is 16.5. The fourth-order valence-corrected chi connectivity index (χ4v) is 1.39. The second kappa shape index (κ2) is 6.22. The number of hydrogen-bond donors (Lipinski definition) is 2. The van der Waals surface area contributed by atoms with Crippen LogP contribution in [0.25, 0.3) is 0 Å². The number of carbonyl (C=O) groups is 2. The average molecular weight is 264 g/mol. The lowest BCUT2D eigenvalue weighted by molar-refractivity contribution is -0.129. The first kappa shape index (κ1) is 15.0. The van der Waals surface area contributed by atoms with E-state index in [0.717, 1.165) is 0 Å². The predicted octanol–water partition coefficient (Wildman–Crippen LogP) is 1.53. The van der Waals surface area contributed by atoms with Crippen LogP contribution in [0.5, 0.6) is 5.75 Å². The van der Waals surface area contributed by atoms with Crippen molar-refractivity contribution in [1.29, 1.82) is 0 Å². The van der Waals surface area contributed by atoms with Crippen molar-refractivity contribution in [3.8, 4) is 5.75 Å². The molecule has 0 aliphatic heterocycles. The maximum atomic E-state index is 11.3. The summed E-state index contributed by atoms with van der Waals surface area (Å²) in [6, 6.07) is 7.60. The van der Waals surface area contributed by atoms with Gasteiger partial charge in [-0.15, -0.1) is 0 Å². The molecule has 0 atom stereocenters. The molecule has 2 N–H and O–H groups in total. The second-order valence-electron chi connectivity index (χ2n) is 5.29. The molecule has 0 fully saturated rings. The van der Waals surface area contributed by atoms with Crippen LogP contribution in [0.3, 0.4) is 0 Å². The van der Waals surface area contributed by atoms with Gasteiger partial charge in [-0.25, -0.2) is 0 Å². The lowest BCUT2D eigenvalue weighted by Gasteiger charge is -2.19. The van der Waals surface area contributed by atoms with E-state index in [1.54, 1.807) is 0 Å². The van der Waals surface area contributed by atoms with E-state index in [4.69, 9.17) is 4.74 Å². The van der Waals surface area contributed by atoms with E-state index < -0.39 is 5.91 Å². The fourth-order valence-electron chi connectivity index (χ4n) is 1.39. The van der Waals surface area contributed by atoms with Gasteiger partial charge in [0.05, 0.1) is 0 Å². The number of carbonyl (C=O) groups excluding carboxylic acids is 2. The molecule has 104 valence electrons. The van der Waals surface area contributed by atoms with Gasteiger partial charge in [0.1, 0.15) is 5.75 Å². The normalized spacial score (nSPS) is 10.7. The average Bonchev–Trinajstić information content (AvgIpc) is 2.33. The summed E-state index contributed by atoms with van der Waals surface area (Å²) in [5, 5.41) is 0. The molecule has 1 rings (SSSR count). The Bertz CT molecular complexity index is 447.